The zero-order valence-electron chi connectivity index (χ0n) is 17.5. The standard InChI is InChI=1S/C23H24N4O3S/c1-3-7-19-22(29)27-21(25-19)17-10-4-5-11-18(17)26-23(27)31-14-20(28)24-13-15-8-6-9-16(12-15)30-2/h4-6,8-12,19H,3,7,13-14H2,1-2H3,(H,24,28)/t19-/m1/s1. The van der Waals surface area contributed by atoms with E-state index in [9.17, 15) is 9.59 Å². The maximum Gasteiger partial charge on any atom is 0.259 e. The summed E-state index contributed by atoms with van der Waals surface area (Å²) >= 11 is 1.25. The molecule has 2 aliphatic heterocycles. The van der Waals surface area contributed by atoms with Crippen LogP contribution < -0.4 is 10.1 Å². The fraction of sp³-hybridized carbons (Fsp3) is 0.304. The number of hydrogen-bond acceptors (Lipinski definition) is 6. The Kier molecular flexibility index (Phi) is 6.36. The second kappa shape index (κ2) is 9.34. The molecule has 31 heavy (non-hydrogen) atoms. The molecule has 1 N–H and O–H groups in total. The Hall–Kier alpha value is -3.13. The van der Waals surface area contributed by atoms with Gasteiger partial charge in [-0.2, -0.15) is 0 Å². The number of aliphatic imine (C=N–C) groups is 2. The first-order chi connectivity index (χ1) is 15.1. The Bertz CT molecular complexity index is 1070. The van der Waals surface area contributed by atoms with Crippen LogP contribution in [0.25, 0.3) is 0 Å². The van der Waals surface area contributed by atoms with E-state index < -0.39 is 0 Å². The molecule has 2 heterocycles. The van der Waals surface area contributed by atoms with Crippen LogP contribution in [0.15, 0.2) is 58.5 Å². The minimum Gasteiger partial charge on any atom is -0.497 e. The third kappa shape index (κ3) is 4.49. The Labute approximate surface area is 185 Å². The predicted molar refractivity (Wildman–Crippen MR) is 123 cm³/mol. The van der Waals surface area contributed by atoms with Crippen molar-refractivity contribution < 1.29 is 14.3 Å². The number of nitrogens with zero attached hydrogens (tertiary/aromatic N) is 3. The molecular weight excluding hydrogens is 412 g/mol. The molecule has 0 saturated carbocycles. The number of carbonyl (C=O) groups is 2. The number of thioether (sulfide) groups is 1. The highest BCUT2D eigenvalue weighted by Gasteiger charge is 2.40. The summed E-state index contributed by atoms with van der Waals surface area (Å²) in [6.07, 6.45) is 1.56. The first-order valence-corrected chi connectivity index (χ1v) is 11.2. The number of methoxy groups -OCH3 is 1. The van der Waals surface area contributed by atoms with Crippen LogP contribution in [0.1, 0.15) is 30.9 Å². The van der Waals surface area contributed by atoms with E-state index >= 15 is 0 Å². The molecule has 0 aliphatic carbocycles. The predicted octanol–water partition coefficient (Wildman–Crippen LogP) is 3.50. The first-order valence-electron chi connectivity index (χ1n) is 10.2. The van der Waals surface area contributed by atoms with Gasteiger partial charge in [-0.1, -0.05) is 49.4 Å². The third-order valence-corrected chi connectivity index (χ3v) is 6.00. The normalized spacial score (nSPS) is 16.9. The Morgan fingerprint density at radius 1 is 1.23 bits per heavy atom. The molecular formula is C23H24N4O3S. The van der Waals surface area contributed by atoms with Crippen molar-refractivity contribution in [1.29, 1.82) is 0 Å². The lowest BCUT2D eigenvalue weighted by Gasteiger charge is -2.25. The maximum absolute atomic E-state index is 13.0. The quantitative estimate of drug-likeness (QED) is 0.720. The van der Waals surface area contributed by atoms with Crippen molar-refractivity contribution in [3.8, 4) is 5.75 Å². The van der Waals surface area contributed by atoms with Crippen LogP contribution in [0.4, 0.5) is 5.69 Å². The van der Waals surface area contributed by atoms with Crippen molar-refractivity contribution in [1.82, 2.24) is 10.2 Å². The lowest BCUT2D eigenvalue weighted by atomic mass is 10.1. The molecule has 0 aromatic heterocycles. The minimum absolute atomic E-state index is 0.0746. The monoisotopic (exact) mass is 436 g/mol. The molecule has 7 nitrogen and oxygen atoms in total. The van der Waals surface area contributed by atoms with Gasteiger partial charge in [-0.05, 0) is 36.2 Å². The number of ether oxygens (including phenoxy) is 1. The van der Waals surface area contributed by atoms with E-state index in [0.29, 0.717) is 24.0 Å². The van der Waals surface area contributed by atoms with E-state index in [-0.39, 0.29) is 23.6 Å². The summed E-state index contributed by atoms with van der Waals surface area (Å²) in [5, 5.41) is 3.40. The molecule has 160 valence electrons. The van der Waals surface area contributed by atoms with Gasteiger partial charge in [-0.15, -0.1) is 0 Å². The second-order valence-corrected chi connectivity index (χ2v) is 8.20. The van der Waals surface area contributed by atoms with Crippen LogP contribution in [-0.2, 0) is 16.1 Å². The third-order valence-electron chi connectivity index (χ3n) is 5.07. The number of nitrogens with one attached hydrogen (secondary N) is 1. The van der Waals surface area contributed by atoms with E-state index in [2.05, 4.69) is 15.3 Å². The molecule has 0 fully saturated rings. The van der Waals surface area contributed by atoms with Crippen LogP contribution in [0, 0.1) is 0 Å². The second-order valence-electron chi connectivity index (χ2n) is 7.26. The van der Waals surface area contributed by atoms with Gasteiger partial charge in [0.2, 0.25) is 5.91 Å². The van der Waals surface area contributed by atoms with Gasteiger partial charge in [-0.3, -0.25) is 14.6 Å². The van der Waals surface area contributed by atoms with E-state index in [1.54, 1.807) is 12.0 Å². The van der Waals surface area contributed by atoms with Crippen molar-refractivity contribution in [2.75, 3.05) is 12.9 Å². The summed E-state index contributed by atoms with van der Waals surface area (Å²) in [5.74, 6) is 1.32. The Morgan fingerprint density at radius 2 is 2.06 bits per heavy atom. The van der Waals surface area contributed by atoms with Gasteiger partial charge in [-0.25, -0.2) is 9.89 Å². The Balaban J connectivity index is 1.45. The summed E-state index contributed by atoms with van der Waals surface area (Å²) in [6, 6.07) is 14.8. The lowest BCUT2D eigenvalue weighted by molar-refractivity contribution is -0.124. The van der Waals surface area contributed by atoms with E-state index in [0.717, 1.165) is 29.0 Å². The number of para-hydroxylation sites is 1. The molecule has 2 amide bonds. The van der Waals surface area contributed by atoms with E-state index in [1.807, 2.05) is 55.5 Å². The van der Waals surface area contributed by atoms with Crippen molar-refractivity contribution in [2.24, 2.45) is 9.98 Å². The zero-order chi connectivity index (χ0) is 21.8. The van der Waals surface area contributed by atoms with Crippen LogP contribution in [0.5, 0.6) is 5.75 Å². The number of benzene rings is 2. The number of hydrogen-bond donors (Lipinski definition) is 1. The molecule has 0 bridgehead atoms. The molecule has 0 spiro atoms. The molecule has 8 heteroatoms. The number of carbonyl (C=O) groups excluding carboxylic acids is 2. The summed E-state index contributed by atoms with van der Waals surface area (Å²) in [4.78, 5) is 36.3. The molecule has 2 aliphatic rings. The van der Waals surface area contributed by atoms with Gasteiger partial charge in [0.15, 0.2) is 5.17 Å². The molecule has 2 aromatic rings. The lowest BCUT2D eigenvalue weighted by Crippen LogP contribution is -2.41. The van der Waals surface area contributed by atoms with Gasteiger partial charge >= 0.3 is 0 Å². The van der Waals surface area contributed by atoms with Gasteiger partial charge in [0.05, 0.1) is 18.6 Å². The summed E-state index contributed by atoms with van der Waals surface area (Å²) in [6.45, 7) is 2.44. The van der Waals surface area contributed by atoms with Crippen LogP contribution in [-0.4, -0.2) is 46.6 Å². The molecule has 0 saturated heterocycles. The van der Waals surface area contributed by atoms with E-state index in [1.165, 1.54) is 11.8 Å². The topological polar surface area (TPSA) is 83.4 Å². The number of amides is 2. The average molecular weight is 437 g/mol. The zero-order valence-corrected chi connectivity index (χ0v) is 18.3. The first kappa shape index (κ1) is 21.1. The van der Waals surface area contributed by atoms with Gasteiger partial charge < -0.3 is 10.1 Å². The molecule has 0 radical (unpaired) electrons. The largest absolute Gasteiger partial charge is 0.497 e. The number of fused-ring (bicyclic) bond motifs is 3. The molecule has 0 unspecified atom stereocenters. The summed E-state index contributed by atoms with van der Waals surface area (Å²) < 4.78 is 5.21. The highest BCUT2D eigenvalue weighted by Crippen LogP contribution is 2.34. The van der Waals surface area contributed by atoms with Crippen LogP contribution in [0.2, 0.25) is 0 Å². The van der Waals surface area contributed by atoms with Crippen molar-refractivity contribution in [2.45, 2.75) is 32.4 Å². The smallest absolute Gasteiger partial charge is 0.259 e. The summed E-state index contributed by atoms with van der Waals surface area (Å²) in [5.41, 5.74) is 2.57. The van der Waals surface area contributed by atoms with Gasteiger partial charge in [0.25, 0.3) is 5.91 Å². The number of amidine groups is 2. The highest BCUT2D eigenvalue weighted by molar-refractivity contribution is 8.14. The molecule has 4 rings (SSSR count). The molecule has 1 atom stereocenters. The fourth-order valence-electron chi connectivity index (χ4n) is 3.52. The van der Waals surface area contributed by atoms with Crippen molar-refractivity contribution >= 4 is 40.3 Å². The van der Waals surface area contributed by atoms with Crippen LogP contribution >= 0.6 is 11.8 Å². The van der Waals surface area contributed by atoms with Crippen LogP contribution in [0.3, 0.4) is 0 Å². The summed E-state index contributed by atoms with van der Waals surface area (Å²) in [7, 11) is 1.61. The van der Waals surface area contributed by atoms with Crippen molar-refractivity contribution in [3.05, 3.63) is 59.7 Å². The SMILES string of the molecule is CCC[C@H]1N=C2c3ccccc3N=C(SCC(=O)NCc3cccc(OC)c3)N2C1=O. The van der Waals surface area contributed by atoms with Gasteiger partial charge in [0.1, 0.15) is 17.6 Å². The minimum atomic E-state index is -0.390. The fourth-order valence-corrected chi connectivity index (χ4v) is 4.36. The average Bonchev–Trinajstić information content (AvgIpc) is 3.13. The maximum atomic E-state index is 13.0. The van der Waals surface area contributed by atoms with Crippen molar-refractivity contribution in [3.63, 3.8) is 0 Å². The molecule has 2 aromatic carbocycles. The van der Waals surface area contributed by atoms with Gasteiger partial charge in [0, 0.05) is 12.1 Å². The number of rotatable bonds is 7. The van der Waals surface area contributed by atoms with E-state index in [4.69, 9.17) is 4.74 Å². The highest BCUT2D eigenvalue weighted by atomic mass is 32.2. The Morgan fingerprint density at radius 3 is 2.87 bits per heavy atom.